The van der Waals surface area contributed by atoms with Crippen molar-refractivity contribution in [3.63, 3.8) is 0 Å². The Labute approximate surface area is 177 Å². The zero-order chi connectivity index (χ0) is 20.3. The van der Waals surface area contributed by atoms with Gasteiger partial charge in [0.2, 0.25) is 11.7 Å². The molecular formula is C23H19N5OS. The number of fused-ring (bicyclic) bond motifs is 3. The highest BCUT2D eigenvalue weighted by Gasteiger charge is 2.18. The number of nitrogens with zero attached hydrogens (tertiary/aromatic N) is 4. The predicted octanol–water partition coefficient (Wildman–Crippen LogP) is 4.46. The minimum Gasteiger partial charge on any atom is -0.325 e. The van der Waals surface area contributed by atoms with Crippen molar-refractivity contribution >= 4 is 40.2 Å². The summed E-state index contributed by atoms with van der Waals surface area (Å²) in [6.45, 7) is 0.704. The maximum atomic E-state index is 12.4. The van der Waals surface area contributed by atoms with E-state index in [9.17, 15) is 4.79 Å². The Morgan fingerprint density at radius 2 is 1.50 bits per heavy atom. The third-order valence-electron chi connectivity index (χ3n) is 4.84. The number of rotatable bonds is 6. The second-order valence-corrected chi connectivity index (χ2v) is 7.82. The lowest BCUT2D eigenvalue weighted by atomic mass is 10.2. The quantitative estimate of drug-likeness (QED) is 0.417. The Bertz CT molecular complexity index is 1310. The molecule has 0 aliphatic heterocycles. The number of imidazole rings is 1. The zero-order valence-corrected chi connectivity index (χ0v) is 16.9. The molecule has 3 aromatic carbocycles. The number of carbonyl (C=O) groups excluding carboxylic acids is 1. The highest BCUT2D eigenvalue weighted by atomic mass is 32.2. The van der Waals surface area contributed by atoms with Gasteiger partial charge in [0.1, 0.15) is 0 Å². The van der Waals surface area contributed by atoms with E-state index in [2.05, 4.69) is 44.3 Å². The van der Waals surface area contributed by atoms with Gasteiger partial charge < -0.3 is 9.88 Å². The molecule has 0 saturated heterocycles. The van der Waals surface area contributed by atoms with Crippen LogP contribution in [-0.2, 0) is 11.3 Å². The molecule has 1 amide bonds. The Morgan fingerprint density at radius 3 is 2.27 bits per heavy atom. The Hall–Kier alpha value is -3.58. The number of carbonyl (C=O) groups is 1. The maximum absolute atomic E-state index is 12.4. The first kappa shape index (κ1) is 18.4. The summed E-state index contributed by atoms with van der Waals surface area (Å²) in [5, 5.41) is 12.4. The molecule has 0 fully saturated rings. The fraction of sp³-hybridized carbons (Fsp3) is 0.0870. The monoisotopic (exact) mass is 413 g/mol. The molecule has 0 aliphatic carbocycles. The smallest absolute Gasteiger partial charge is 0.237 e. The molecule has 0 spiro atoms. The van der Waals surface area contributed by atoms with Crippen molar-refractivity contribution in [2.24, 2.45) is 0 Å². The van der Waals surface area contributed by atoms with Crippen LogP contribution in [0.2, 0.25) is 0 Å². The molecule has 0 bridgehead atoms. The zero-order valence-electron chi connectivity index (χ0n) is 16.1. The lowest BCUT2D eigenvalue weighted by Gasteiger charge is -2.04. The number of amides is 1. The van der Waals surface area contributed by atoms with Crippen LogP contribution in [-0.4, -0.2) is 30.8 Å². The number of thioether (sulfide) groups is 1. The van der Waals surface area contributed by atoms with E-state index in [4.69, 9.17) is 0 Å². The summed E-state index contributed by atoms with van der Waals surface area (Å²) in [6.07, 6.45) is 0. The molecule has 2 heterocycles. The second-order valence-electron chi connectivity index (χ2n) is 6.88. The number of nitrogens with one attached hydrogen (secondary N) is 1. The maximum Gasteiger partial charge on any atom is 0.237 e. The average Bonchev–Trinajstić information content (AvgIpc) is 3.33. The minimum atomic E-state index is -0.0732. The highest BCUT2D eigenvalue weighted by Crippen LogP contribution is 2.26. The van der Waals surface area contributed by atoms with Gasteiger partial charge in [-0.2, -0.15) is 0 Å². The lowest BCUT2D eigenvalue weighted by Crippen LogP contribution is -2.14. The molecule has 7 heteroatoms. The molecule has 5 aromatic rings. The fourth-order valence-electron chi connectivity index (χ4n) is 3.50. The number of para-hydroxylation sites is 3. The van der Waals surface area contributed by atoms with Gasteiger partial charge in [-0.25, -0.2) is 0 Å². The summed E-state index contributed by atoms with van der Waals surface area (Å²) in [5.74, 6) is 0.954. The van der Waals surface area contributed by atoms with Crippen molar-refractivity contribution in [2.75, 3.05) is 11.1 Å². The first-order valence-corrected chi connectivity index (χ1v) is 10.6. The summed E-state index contributed by atoms with van der Waals surface area (Å²) >= 11 is 1.38. The number of aromatic nitrogens is 4. The normalized spacial score (nSPS) is 11.2. The van der Waals surface area contributed by atoms with Gasteiger partial charge in [-0.05, 0) is 29.8 Å². The number of anilines is 1. The molecule has 6 nitrogen and oxygen atoms in total. The van der Waals surface area contributed by atoms with Crippen molar-refractivity contribution in [1.82, 2.24) is 19.2 Å². The molecule has 0 aliphatic rings. The van der Waals surface area contributed by atoms with E-state index in [1.165, 1.54) is 17.3 Å². The summed E-state index contributed by atoms with van der Waals surface area (Å²) in [7, 11) is 0. The van der Waals surface area contributed by atoms with Gasteiger partial charge in [-0.3, -0.25) is 9.20 Å². The standard InChI is InChI=1S/C23H19N5OS/c29-21(24-18-11-5-2-6-12-18)16-30-23-26-25-22-27(15-17-9-3-1-4-10-17)19-13-7-8-14-20(19)28(22)23/h1-14H,15-16H2,(H,24,29). The SMILES string of the molecule is O=C(CSc1nnc2n(Cc3ccccc3)c3ccccc3n12)Nc1ccccc1. The van der Waals surface area contributed by atoms with E-state index >= 15 is 0 Å². The first-order valence-electron chi connectivity index (χ1n) is 9.63. The molecule has 30 heavy (non-hydrogen) atoms. The second kappa shape index (κ2) is 8.04. The molecule has 5 rings (SSSR count). The van der Waals surface area contributed by atoms with E-state index in [-0.39, 0.29) is 11.7 Å². The van der Waals surface area contributed by atoms with Crippen molar-refractivity contribution in [1.29, 1.82) is 0 Å². The summed E-state index contributed by atoms with van der Waals surface area (Å²) < 4.78 is 4.19. The van der Waals surface area contributed by atoms with Gasteiger partial charge in [0.05, 0.1) is 23.3 Å². The topological polar surface area (TPSA) is 64.2 Å². The van der Waals surface area contributed by atoms with Crippen molar-refractivity contribution < 1.29 is 4.79 Å². The summed E-state index contributed by atoms with van der Waals surface area (Å²) in [5.41, 5.74) is 4.09. The van der Waals surface area contributed by atoms with E-state index in [0.717, 1.165) is 22.5 Å². The first-order chi connectivity index (χ1) is 14.8. The number of benzene rings is 3. The minimum absolute atomic E-state index is 0.0732. The van der Waals surface area contributed by atoms with Crippen molar-refractivity contribution in [3.8, 4) is 0 Å². The number of hydrogen-bond acceptors (Lipinski definition) is 4. The van der Waals surface area contributed by atoms with Crippen molar-refractivity contribution in [2.45, 2.75) is 11.7 Å². The Balaban J connectivity index is 1.44. The molecule has 0 atom stereocenters. The molecule has 0 saturated carbocycles. The van der Waals surface area contributed by atoms with Gasteiger partial charge in [0.15, 0.2) is 5.16 Å². The largest absolute Gasteiger partial charge is 0.325 e. The van der Waals surface area contributed by atoms with Crippen LogP contribution in [0, 0.1) is 0 Å². The van der Waals surface area contributed by atoms with Gasteiger partial charge >= 0.3 is 0 Å². The van der Waals surface area contributed by atoms with Crippen LogP contribution in [0.4, 0.5) is 5.69 Å². The highest BCUT2D eigenvalue weighted by molar-refractivity contribution is 7.99. The van der Waals surface area contributed by atoms with Crippen LogP contribution in [0.15, 0.2) is 90.1 Å². The van der Waals surface area contributed by atoms with Crippen LogP contribution < -0.4 is 5.32 Å². The van der Waals surface area contributed by atoms with E-state index in [1.807, 2.05) is 65.1 Å². The average molecular weight is 414 g/mol. The van der Waals surface area contributed by atoms with Crippen molar-refractivity contribution in [3.05, 3.63) is 90.5 Å². The van der Waals surface area contributed by atoms with Crippen LogP contribution >= 0.6 is 11.8 Å². The molecule has 0 radical (unpaired) electrons. The van der Waals surface area contributed by atoms with Gasteiger partial charge in [0, 0.05) is 5.69 Å². The van der Waals surface area contributed by atoms with E-state index < -0.39 is 0 Å². The predicted molar refractivity (Wildman–Crippen MR) is 120 cm³/mol. The summed E-state index contributed by atoms with van der Waals surface area (Å²) in [6, 6.07) is 27.9. The van der Waals surface area contributed by atoms with Gasteiger partial charge in [0.25, 0.3) is 0 Å². The van der Waals surface area contributed by atoms with E-state index in [1.54, 1.807) is 0 Å². The molecule has 1 N–H and O–H groups in total. The van der Waals surface area contributed by atoms with Gasteiger partial charge in [-0.15, -0.1) is 10.2 Å². The molecule has 148 valence electrons. The third kappa shape index (κ3) is 3.55. The van der Waals surface area contributed by atoms with E-state index in [0.29, 0.717) is 11.7 Å². The number of hydrogen-bond donors (Lipinski definition) is 1. The molecule has 2 aromatic heterocycles. The lowest BCUT2D eigenvalue weighted by molar-refractivity contribution is -0.113. The van der Waals surface area contributed by atoms with Crippen LogP contribution in [0.25, 0.3) is 16.8 Å². The molecular weight excluding hydrogens is 394 g/mol. The van der Waals surface area contributed by atoms with Crippen LogP contribution in [0.1, 0.15) is 5.56 Å². The Kier molecular flexibility index (Phi) is 4.94. The van der Waals surface area contributed by atoms with Crippen LogP contribution in [0.5, 0.6) is 0 Å². The fourth-order valence-corrected chi connectivity index (χ4v) is 4.24. The van der Waals surface area contributed by atoms with Crippen LogP contribution in [0.3, 0.4) is 0 Å². The van der Waals surface area contributed by atoms with Gasteiger partial charge in [-0.1, -0.05) is 72.4 Å². The summed E-state index contributed by atoms with van der Waals surface area (Å²) in [4.78, 5) is 12.4. The molecule has 0 unspecified atom stereocenters. The Morgan fingerprint density at radius 1 is 0.833 bits per heavy atom. The third-order valence-corrected chi connectivity index (χ3v) is 5.77.